The van der Waals surface area contributed by atoms with Crippen LogP contribution in [0.1, 0.15) is 12.8 Å². The van der Waals surface area contributed by atoms with Crippen molar-refractivity contribution in [3.05, 3.63) is 0 Å². The summed E-state index contributed by atoms with van der Waals surface area (Å²) in [5, 5.41) is 16.4. The van der Waals surface area contributed by atoms with Gasteiger partial charge in [0.15, 0.2) is 6.04 Å². The lowest BCUT2D eigenvalue weighted by molar-refractivity contribution is -0.408. The third kappa shape index (κ3) is 3.85. The number of aliphatic carboxylic acids is 2. The van der Waals surface area contributed by atoms with Crippen LogP contribution in [0.3, 0.4) is 0 Å². The molecule has 1 atom stereocenters. The van der Waals surface area contributed by atoms with E-state index in [0.29, 0.717) is 0 Å². The molecule has 0 aromatic heterocycles. The molecule has 0 saturated heterocycles. The van der Waals surface area contributed by atoms with Crippen LogP contribution < -0.4 is 5.73 Å². The van der Waals surface area contributed by atoms with Gasteiger partial charge in [0.25, 0.3) is 0 Å². The molecule has 0 radical (unpaired) electrons. The van der Waals surface area contributed by atoms with Gasteiger partial charge in [-0.1, -0.05) is 0 Å². The van der Waals surface area contributed by atoms with E-state index in [0.717, 1.165) is 0 Å². The maximum atomic E-state index is 10.1. The molecule has 5 N–H and O–H groups in total. The van der Waals surface area contributed by atoms with E-state index < -0.39 is 18.0 Å². The lowest BCUT2D eigenvalue weighted by Gasteiger charge is -1.98. The summed E-state index contributed by atoms with van der Waals surface area (Å²) < 4.78 is 0. The van der Waals surface area contributed by atoms with Gasteiger partial charge < -0.3 is 15.9 Å². The van der Waals surface area contributed by atoms with Gasteiger partial charge in [0.05, 0.1) is 6.42 Å². The monoisotopic (exact) mass is 148 g/mol. The molecule has 0 aliphatic heterocycles. The molecule has 0 fully saturated rings. The van der Waals surface area contributed by atoms with Gasteiger partial charge in [-0.25, -0.2) is 4.79 Å². The van der Waals surface area contributed by atoms with Crippen molar-refractivity contribution in [3.8, 4) is 0 Å². The summed E-state index contributed by atoms with van der Waals surface area (Å²) in [6.07, 6.45) is -0.0505. The highest BCUT2D eigenvalue weighted by Gasteiger charge is 2.16. The molecular weight excluding hydrogens is 138 g/mol. The van der Waals surface area contributed by atoms with E-state index in [1.165, 1.54) is 0 Å². The van der Waals surface area contributed by atoms with E-state index in [1.807, 2.05) is 0 Å². The van der Waals surface area contributed by atoms with Crippen LogP contribution >= 0.6 is 0 Å². The Bertz CT molecular complexity index is 145. The van der Waals surface area contributed by atoms with Crippen LogP contribution in [0.15, 0.2) is 0 Å². The van der Waals surface area contributed by atoms with Crippen molar-refractivity contribution >= 4 is 11.9 Å². The van der Waals surface area contributed by atoms with Gasteiger partial charge in [0.2, 0.25) is 0 Å². The summed E-state index contributed by atoms with van der Waals surface area (Å²) in [5.74, 6) is -2.05. The molecule has 0 aliphatic carbocycles. The summed E-state index contributed by atoms with van der Waals surface area (Å²) in [6, 6.07) is -0.809. The normalized spacial score (nSPS) is 12.5. The van der Waals surface area contributed by atoms with E-state index in [1.54, 1.807) is 0 Å². The maximum absolute atomic E-state index is 10.1. The molecule has 0 amide bonds. The molecule has 5 nitrogen and oxygen atoms in total. The fraction of sp³-hybridized carbons (Fsp3) is 0.600. The number of hydrogen-bond donors (Lipinski definition) is 3. The molecule has 0 bridgehead atoms. The molecular formula is C5H10NO4+. The highest BCUT2D eigenvalue weighted by Crippen LogP contribution is 1.91. The lowest BCUT2D eigenvalue weighted by atomic mass is 10.2. The van der Waals surface area contributed by atoms with Crippen molar-refractivity contribution < 1.29 is 25.5 Å². The minimum atomic E-state index is -1.05. The molecule has 0 unspecified atom stereocenters. The Hall–Kier alpha value is -1.10. The third-order valence-electron chi connectivity index (χ3n) is 1.06. The molecule has 0 spiro atoms. The van der Waals surface area contributed by atoms with Crippen molar-refractivity contribution in [2.75, 3.05) is 0 Å². The fourth-order valence-corrected chi connectivity index (χ4v) is 0.421. The van der Waals surface area contributed by atoms with Crippen LogP contribution in [0, 0.1) is 0 Å². The summed E-state index contributed by atoms with van der Waals surface area (Å²) in [5.41, 5.74) is 3.25. The molecule has 0 aromatic carbocycles. The molecule has 0 heterocycles. The van der Waals surface area contributed by atoms with Crippen molar-refractivity contribution in [2.24, 2.45) is 0 Å². The minimum absolute atomic E-state index is 0.0880. The molecule has 10 heavy (non-hydrogen) atoms. The predicted octanol–water partition coefficient (Wildman–Crippen LogP) is -1.45. The second kappa shape index (κ2) is 3.84. The van der Waals surface area contributed by atoms with Crippen LogP contribution in [0.25, 0.3) is 0 Å². The van der Waals surface area contributed by atoms with Crippen molar-refractivity contribution in [1.29, 1.82) is 0 Å². The van der Waals surface area contributed by atoms with Crippen LogP contribution in [0.4, 0.5) is 0 Å². The SMILES string of the molecule is [NH3+][C@@H](CCC(=O)O)C(=O)O. The average molecular weight is 148 g/mol. The number of quaternary nitrogens is 1. The smallest absolute Gasteiger partial charge is 0.362 e. The van der Waals surface area contributed by atoms with Crippen LogP contribution in [-0.2, 0) is 9.59 Å². The Kier molecular flexibility index (Phi) is 3.42. The quantitative estimate of drug-likeness (QED) is 0.453. The Balaban J connectivity index is 3.49. The molecule has 0 rings (SSSR count). The van der Waals surface area contributed by atoms with Gasteiger partial charge >= 0.3 is 11.9 Å². The van der Waals surface area contributed by atoms with E-state index in [4.69, 9.17) is 10.2 Å². The fourth-order valence-electron chi connectivity index (χ4n) is 0.421. The topological polar surface area (TPSA) is 102 Å². The number of carboxylic acids is 2. The zero-order valence-electron chi connectivity index (χ0n) is 5.41. The van der Waals surface area contributed by atoms with Crippen LogP contribution in [0.2, 0.25) is 0 Å². The van der Waals surface area contributed by atoms with Gasteiger partial charge in [-0.3, -0.25) is 4.79 Å². The van der Waals surface area contributed by atoms with Crippen LogP contribution in [0.5, 0.6) is 0 Å². The van der Waals surface area contributed by atoms with Crippen molar-refractivity contribution in [3.63, 3.8) is 0 Å². The number of carbonyl (C=O) groups is 2. The largest absolute Gasteiger partial charge is 0.481 e. The molecule has 0 saturated carbocycles. The first kappa shape index (κ1) is 8.90. The molecule has 0 aromatic rings. The van der Waals surface area contributed by atoms with Gasteiger partial charge in [-0.15, -0.1) is 0 Å². The summed E-state index contributed by atoms with van der Waals surface area (Å²) in [7, 11) is 0. The average Bonchev–Trinajstić information content (AvgIpc) is 1.82. The molecule has 0 aliphatic rings. The first-order valence-corrected chi connectivity index (χ1v) is 2.81. The number of carboxylic acid groups (broad SMARTS) is 2. The van der Waals surface area contributed by atoms with Crippen molar-refractivity contribution in [1.82, 2.24) is 0 Å². The molecule has 5 heteroatoms. The third-order valence-corrected chi connectivity index (χ3v) is 1.06. The second-order valence-corrected chi connectivity index (χ2v) is 1.97. The zero-order valence-corrected chi connectivity index (χ0v) is 5.41. The Morgan fingerprint density at radius 1 is 1.40 bits per heavy atom. The van der Waals surface area contributed by atoms with Gasteiger partial charge in [0, 0.05) is 6.42 Å². The lowest BCUT2D eigenvalue weighted by Crippen LogP contribution is -2.64. The van der Waals surface area contributed by atoms with E-state index in [2.05, 4.69) is 5.73 Å². The minimum Gasteiger partial charge on any atom is -0.481 e. The Morgan fingerprint density at radius 2 is 1.90 bits per heavy atom. The summed E-state index contributed by atoms with van der Waals surface area (Å²) in [4.78, 5) is 20.0. The zero-order chi connectivity index (χ0) is 8.15. The summed E-state index contributed by atoms with van der Waals surface area (Å²) in [6.45, 7) is 0. The van der Waals surface area contributed by atoms with E-state index in [9.17, 15) is 9.59 Å². The maximum Gasteiger partial charge on any atom is 0.362 e. The van der Waals surface area contributed by atoms with E-state index >= 15 is 0 Å². The summed E-state index contributed by atoms with van der Waals surface area (Å²) >= 11 is 0. The second-order valence-electron chi connectivity index (χ2n) is 1.97. The highest BCUT2D eigenvalue weighted by atomic mass is 16.4. The predicted molar refractivity (Wildman–Crippen MR) is 31.2 cm³/mol. The molecule has 58 valence electrons. The number of hydrogen-bond acceptors (Lipinski definition) is 2. The van der Waals surface area contributed by atoms with E-state index in [-0.39, 0.29) is 12.8 Å². The Morgan fingerprint density at radius 3 is 2.20 bits per heavy atom. The Labute approximate surface area is 57.5 Å². The number of rotatable bonds is 4. The van der Waals surface area contributed by atoms with Crippen molar-refractivity contribution in [2.45, 2.75) is 18.9 Å². The highest BCUT2D eigenvalue weighted by molar-refractivity contribution is 5.73. The van der Waals surface area contributed by atoms with Gasteiger partial charge in [0.1, 0.15) is 0 Å². The first-order chi connectivity index (χ1) is 4.54. The van der Waals surface area contributed by atoms with Crippen LogP contribution in [-0.4, -0.2) is 28.2 Å². The first-order valence-electron chi connectivity index (χ1n) is 2.81. The van der Waals surface area contributed by atoms with Gasteiger partial charge in [-0.05, 0) is 0 Å². The van der Waals surface area contributed by atoms with Gasteiger partial charge in [-0.2, -0.15) is 0 Å². The standard InChI is InChI=1S/C5H9NO4/c6-3(5(9)10)1-2-4(7)8/h3H,1-2,6H2,(H,7,8)(H,9,10)/p+1/t3-/m0/s1.